The summed E-state index contributed by atoms with van der Waals surface area (Å²) >= 11 is 0. The molecule has 2 heterocycles. The van der Waals surface area contributed by atoms with Crippen molar-refractivity contribution in [1.82, 2.24) is 24.9 Å². The minimum atomic E-state index is 0.284. The molecule has 110 valence electrons. The van der Waals surface area contributed by atoms with Gasteiger partial charge < -0.3 is 5.32 Å². The van der Waals surface area contributed by atoms with Gasteiger partial charge in [0.15, 0.2) is 0 Å². The second-order valence-corrected chi connectivity index (χ2v) is 5.20. The lowest BCUT2D eigenvalue weighted by Gasteiger charge is -2.11. The monoisotopic (exact) mass is 275 g/mol. The van der Waals surface area contributed by atoms with E-state index in [2.05, 4.69) is 55.5 Å². The highest BCUT2D eigenvalue weighted by molar-refractivity contribution is 5.19. The molecule has 1 unspecified atom stereocenters. The van der Waals surface area contributed by atoms with Crippen LogP contribution in [0.4, 0.5) is 0 Å². The number of nitrogens with zero attached hydrogens (tertiary/aromatic N) is 4. The first-order valence-electron chi connectivity index (χ1n) is 7.43. The summed E-state index contributed by atoms with van der Waals surface area (Å²) in [6.45, 7) is 11.2. The van der Waals surface area contributed by atoms with Crippen LogP contribution in [-0.2, 0) is 19.6 Å². The number of aromatic nitrogens is 4. The highest BCUT2D eigenvalue weighted by atomic mass is 15.3. The molecular weight excluding hydrogens is 250 g/mol. The second-order valence-electron chi connectivity index (χ2n) is 5.20. The normalized spacial score (nSPS) is 12.8. The molecule has 5 nitrogen and oxygen atoms in total. The maximum Gasteiger partial charge on any atom is 0.0762 e. The van der Waals surface area contributed by atoms with Gasteiger partial charge in [0.25, 0.3) is 0 Å². The Bertz CT molecular complexity index is 540. The first kappa shape index (κ1) is 14.8. The van der Waals surface area contributed by atoms with Crippen molar-refractivity contribution < 1.29 is 0 Å². The second kappa shape index (κ2) is 6.70. The number of hydrogen-bond donors (Lipinski definition) is 1. The van der Waals surface area contributed by atoms with Crippen LogP contribution in [0.15, 0.2) is 18.5 Å². The minimum Gasteiger partial charge on any atom is -0.304 e. The van der Waals surface area contributed by atoms with Crippen molar-refractivity contribution in [3.8, 4) is 0 Å². The largest absolute Gasteiger partial charge is 0.304 e. The van der Waals surface area contributed by atoms with Crippen molar-refractivity contribution in [2.45, 2.75) is 59.8 Å². The van der Waals surface area contributed by atoms with E-state index in [0.29, 0.717) is 0 Å². The molecular formula is C15H25N5. The Kier molecular flexibility index (Phi) is 4.95. The number of hydrogen-bond acceptors (Lipinski definition) is 3. The summed E-state index contributed by atoms with van der Waals surface area (Å²) in [5.41, 5.74) is 3.45. The van der Waals surface area contributed by atoms with Crippen molar-refractivity contribution in [1.29, 1.82) is 0 Å². The molecule has 0 spiro atoms. The molecule has 5 heteroatoms. The first-order valence-corrected chi connectivity index (χ1v) is 7.43. The van der Waals surface area contributed by atoms with E-state index < -0.39 is 0 Å². The smallest absolute Gasteiger partial charge is 0.0762 e. The Labute approximate surface area is 121 Å². The zero-order chi connectivity index (χ0) is 14.5. The third-order valence-electron chi connectivity index (χ3n) is 3.51. The first-order chi connectivity index (χ1) is 9.63. The van der Waals surface area contributed by atoms with E-state index in [1.165, 1.54) is 5.56 Å². The van der Waals surface area contributed by atoms with Gasteiger partial charge in [-0.15, -0.1) is 0 Å². The van der Waals surface area contributed by atoms with Gasteiger partial charge in [-0.3, -0.25) is 9.36 Å². The van der Waals surface area contributed by atoms with Crippen LogP contribution in [-0.4, -0.2) is 19.6 Å². The average Bonchev–Trinajstić information content (AvgIpc) is 3.03. The molecule has 0 aliphatic carbocycles. The average molecular weight is 275 g/mol. The molecule has 0 bridgehead atoms. The molecule has 20 heavy (non-hydrogen) atoms. The number of nitrogens with one attached hydrogen (secondary N) is 1. The predicted molar refractivity (Wildman–Crippen MR) is 80.4 cm³/mol. The standard InChI is InChI=1S/C15H25N5/c1-5-8-20-9-7-14(18-20)10-16-12(3)15-11-19(6-2)17-13(15)4/h7,9,11-12,16H,5-6,8,10H2,1-4H3. The van der Waals surface area contributed by atoms with Crippen LogP contribution in [0.2, 0.25) is 0 Å². The third kappa shape index (κ3) is 3.48. The van der Waals surface area contributed by atoms with Crippen molar-refractivity contribution in [3.05, 3.63) is 35.4 Å². The molecule has 0 fully saturated rings. The van der Waals surface area contributed by atoms with Gasteiger partial charge in [0.1, 0.15) is 0 Å². The van der Waals surface area contributed by atoms with Crippen molar-refractivity contribution >= 4 is 0 Å². The molecule has 1 N–H and O–H groups in total. The van der Waals surface area contributed by atoms with E-state index >= 15 is 0 Å². The van der Waals surface area contributed by atoms with Gasteiger partial charge in [-0.25, -0.2) is 0 Å². The van der Waals surface area contributed by atoms with Crippen LogP contribution in [0.1, 0.15) is 50.2 Å². The van der Waals surface area contributed by atoms with Crippen molar-refractivity contribution in [3.63, 3.8) is 0 Å². The van der Waals surface area contributed by atoms with Crippen LogP contribution < -0.4 is 5.32 Å². The van der Waals surface area contributed by atoms with Gasteiger partial charge in [-0.2, -0.15) is 10.2 Å². The van der Waals surface area contributed by atoms with E-state index in [-0.39, 0.29) is 6.04 Å². The van der Waals surface area contributed by atoms with Crippen LogP contribution in [0.3, 0.4) is 0 Å². The minimum absolute atomic E-state index is 0.284. The fraction of sp³-hybridized carbons (Fsp3) is 0.600. The van der Waals surface area contributed by atoms with Gasteiger partial charge in [-0.05, 0) is 33.3 Å². The Balaban J connectivity index is 1.93. The van der Waals surface area contributed by atoms with Gasteiger partial charge in [0.05, 0.1) is 11.4 Å². The molecule has 0 aliphatic heterocycles. The van der Waals surface area contributed by atoms with Crippen molar-refractivity contribution in [2.75, 3.05) is 0 Å². The zero-order valence-electron chi connectivity index (χ0n) is 12.9. The van der Waals surface area contributed by atoms with E-state index in [4.69, 9.17) is 0 Å². The van der Waals surface area contributed by atoms with Gasteiger partial charge in [-0.1, -0.05) is 6.92 Å². The van der Waals surface area contributed by atoms with Gasteiger partial charge in [0, 0.05) is 43.6 Å². The van der Waals surface area contributed by atoms with E-state index in [1.54, 1.807) is 0 Å². The summed E-state index contributed by atoms with van der Waals surface area (Å²) in [6, 6.07) is 2.36. The zero-order valence-corrected chi connectivity index (χ0v) is 12.9. The lowest BCUT2D eigenvalue weighted by molar-refractivity contribution is 0.545. The Hall–Kier alpha value is -1.62. The van der Waals surface area contributed by atoms with Crippen LogP contribution in [0.25, 0.3) is 0 Å². The fourth-order valence-electron chi connectivity index (χ4n) is 2.34. The Morgan fingerprint density at radius 3 is 2.70 bits per heavy atom. The molecule has 2 aromatic rings. The predicted octanol–water partition coefficient (Wildman–Crippen LogP) is 2.67. The number of rotatable bonds is 7. The summed E-state index contributed by atoms with van der Waals surface area (Å²) in [5, 5.41) is 12.6. The molecule has 0 saturated heterocycles. The molecule has 2 rings (SSSR count). The van der Waals surface area contributed by atoms with E-state index in [9.17, 15) is 0 Å². The van der Waals surface area contributed by atoms with Crippen molar-refractivity contribution in [2.24, 2.45) is 0 Å². The topological polar surface area (TPSA) is 47.7 Å². The Morgan fingerprint density at radius 1 is 1.25 bits per heavy atom. The summed E-state index contributed by atoms with van der Waals surface area (Å²) in [4.78, 5) is 0. The van der Waals surface area contributed by atoms with Crippen LogP contribution >= 0.6 is 0 Å². The number of aryl methyl sites for hydroxylation is 3. The van der Waals surface area contributed by atoms with Crippen LogP contribution in [0.5, 0.6) is 0 Å². The highest BCUT2D eigenvalue weighted by Crippen LogP contribution is 2.16. The summed E-state index contributed by atoms with van der Waals surface area (Å²) < 4.78 is 3.99. The SMILES string of the molecule is CCCn1ccc(CNC(C)c2cn(CC)nc2C)n1. The molecule has 0 saturated carbocycles. The molecule has 0 aliphatic rings. The van der Waals surface area contributed by atoms with Gasteiger partial charge in [0.2, 0.25) is 0 Å². The summed E-state index contributed by atoms with van der Waals surface area (Å²) in [6.07, 6.45) is 5.29. The highest BCUT2D eigenvalue weighted by Gasteiger charge is 2.12. The molecule has 2 aromatic heterocycles. The molecule has 0 amide bonds. The van der Waals surface area contributed by atoms with E-state index in [0.717, 1.165) is 37.4 Å². The third-order valence-corrected chi connectivity index (χ3v) is 3.51. The van der Waals surface area contributed by atoms with Crippen LogP contribution in [0, 0.1) is 6.92 Å². The lowest BCUT2D eigenvalue weighted by atomic mass is 10.1. The molecule has 0 aromatic carbocycles. The fourth-order valence-corrected chi connectivity index (χ4v) is 2.34. The summed E-state index contributed by atoms with van der Waals surface area (Å²) in [5.74, 6) is 0. The molecule has 1 atom stereocenters. The maximum absolute atomic E-state index is 4.54. The van der Waals surface area contributed by atoms with E-state index in [1.807, 2.05) is 15.6 Å². The maximum atomic E-state index is 4.54. The summed E-state index contributed by atoms with van der Waals surface area (Å²) in [7, 11) is 0. The quantitative estimate of drug-likeness (QED) is 0.845. The lowest BCUT2D eigenvalue weighted by Crippen LogP contribution is -2.19. The van der Waals surface area contributed by atoms with Gasteiger partial charge >= 0.3 is 0 Å². The molecule has 0 radical (unpaired) electrons. The Morgan fingerprint density at radius 2 is 2.05 bits per heavy atom.